The lowest BCUT2D eigenvalue weighted by atomic mass is 9.82. The second kappa shape index (κ2) is 10.9. The fourth-order valence-corrected chi connectivity index (χ4v) is 7.23. The Labute approximate surface area is 268 Å². The van der Waals surface area contributed by atoms with Gasteiger partial charge in [-0.2, -0.15) is 0 Å². The Kier molecular flexibility index (Phi) is 6.25. The SMILES string of the molecule is c1ccc(-c2ccc(-c3c4ccccc4c(-c4cc5ccccc5cc4-c4ccc5ccccc5c4)c4ccccc34)cc2)cc1. The van der Waals surface area contributed by atoms with Gasteiger partial charge in [-0.25, -0.2) is 0 Å². The number of rotatable bonds is 4. The van der Waals surface area contributed by atoms with Crippen molar-refractivity contribution in [3.8, 4) is 44.5 Å². The van der Waals surface area contributed by atoms with Crippen LogP contribution in [0.15, 0.2) is 182 Å². The first kappa shape index (κ1) is 26.4. The molecular formula is C46H30. The molecule has 0 atom stereocenters. The van der Waals surface area contributed by atoms with E-state index in [4.69, 9.17) is 0 Å². The van der Waals surface area contributed by atoms with Crippen LogP contribution >= 0.6 is 0 Å². The van der Waals surface area contributed by atoms with E-state index in [9.17, 15) is 0 Å². The summed E-state index contributed by atoms with van der Waals surface area (Å²) in [6, 6.07) is 66.6. The van der Waals surface area contributed by atoms with E-state index in [1.165, 1.54) is 87.6 Å². The quantitative estimate of drug-likeness (QED) is 0.181. The minimum atomic E-state index is 1.23. The standard InChI is InChI=1S/C46H30/c1-2-12-31(13-3-1)33-22-25-34(26-23-33)45-39-18-8-10-20-41(39)46(42-21-11-9-19-40(42)45)44-30-37-17-7-6-16-36(37)29-43(44)38-27-24-32-14-4-5-15-35(32)28-38/h1-30H. The molecule has 9 rings (SSSR count). The summed E-state index contributed by atoms with van der Waals surface area (Å²) in [7, 11) is 0. The molecule has 0 heterocycles. The van der Waals surface area contributed by atoms with Crippen molar-refractivity contribution in [2.45, 2.75) is 0 Å². The second-order valence-corrected chi connectivity index (χ2v) is 12.1. The molecule has 9 aromatic carbocycles. The van der Waals surface area contributed by atoms with E-state index in [-0.39, 0.29) is 0 Å². The molecule has 9 aromatic rings. The first-order valence-electron chi connectivity index (χ1n) is 15.9. The van der Waals surface area contributed by atoms with Crippen LogP contribution in [-0.2, 0) is 0 Å². The Morgan fingerprint density at radius 1 is 0.217 bits per heavy atom. The molecule has 0 spiro atoms. The van der Waals surface area contributed by atoms with Crippen LogP contribution in [0.25, 0.3) is 87.6 Å². The van der Waals surface area contributed by atoms with E-state index < -0.39 is 0 Å². The maximum absolute atomic E-state index is 2.41. The molecule has 0 N–H and O–H groups in total. The molecule has 0 aliphatic rings. The summed E-state index contributed by atoms with van der Waals surface area (Å²) in [5, 5.41) is 10.1. The van der Waals surface area contributed by atoms with Gasteiger partial charge in [0.05, 0.1) is 0 Å². The van der Waals surface area contributed by atoms with Crippen molar-refractivity contribution in [1.29, 1.82) is 0 Å². The predicted octanol–water partition coefficient (Wildman–Crippen LogP) is 13.0. The van der Waals surface area contributed by atoms with Crippen LogP contribution in [0, 0.1) is 0 Å². The van der Waals surface area contributed by atoms with Gasteiger partial charge in [0.2, 0.25) is 0 Å². The number of benzene rings is 9. The molecule has 0 nitrogen and oxygen atoms in total. The number of hydrogen-bond acceptors (Lipinski definition) is 0. The fraction of sp³-hybridized carbons (Fsp3) is 0. The number of fused-ring (bicyclic) bond motifs is 4. The van der Waals surface area contributed by atoms with Crippen LogP contribution in [0.3, 0.4) is 0 Å². The van der Waals surface area contributed by atoms with Crippen LogP contribution in [-0.4, -0.2) is 0 Å². The maximum atomic E-state index is 2.41. The maximum Gasteiger partial charge on any atom is -0.00199 e. The summed E-state index contributed by atoms with van der Waals surface area (Å²) in [5.74, 6) is 0. The lowest BCUT2D eigenvalue weighted by molar-refractivity contribution is 1.61. The zero-order valence-electron chi connectivity index (χ0n) is 25.3. The Morgan fingerprint density at radius 3 is 1.24 bits per heavy atom. The molecule has 0 bridgehead atoms. The molecule has 0 heteroatoms. The molecule has 0 saturated carbocycles. The van der Waals surface area contributed by atoms with Crippen LogP contribution in [0.2, 0.25) is 0 Å². The van der Waals surface area contributed by atoms with Crippen molar-refractivity contribution in [2.75, 3.05) is 0 Å². The average molecular weight is 583 g/mol. The Balaban J connectivity index is 1.34. The average Bonchev–Trinajstić information content (AvgIpc) is 3.13. The summed E-state index contributed by atoms with van der Waals surface area (Å²) < 4.78 is 0. The van der Waals surface area contributed by atoms with Gasteiger partial charge in [0.15, 0.2) is 0 Å². The topological polar surface area (TPSA) is 0 Å². The van der Waals surface area contributed by atoms with Crippen LogP contribution in [0.5, 0.6) is 0 Å². The lowest BCUT2D eigenvalue weighted by Gasteiger charge is -2.20. The van der Waals surface area contributed by atoms with E-state index in [0.717, 1.165) is 0 Å². The molecule has 214 valence electrons. The highest BCUT2D eigenvalue weighted by Crippen LogP contribution is 2.47. The van der Waals surface area contributed by atoms with Gasteiger partial charge in [0.1, 0.15) is 0 Å². The molecule has 0 amide bonds. The minimum Gasteiger partial charge on any atom is -0.0622 e. The fourth-order valence-electron chi connectivity index (χ4n) is 7.23. The van der Waals surface area contributed by atoms with Crippen LogP contribution in [0.4, 0.5) is 0 Å². The van der Waals surface area contributed by atoms with Gasteiger partial charge in [0.25, 0.3) is 0 Å². The predicted molar refractivity (Wildman–Crippen MR) is 198 cm³/mol. The van der Waals surface area contributed by atoms with E-state index >= 15 is 0 Å². The summed E-state index contributed by atoms with van der Waals surface area (Å²) in [6.45, 7) is 0. The Bertz CT molecular complexity index is 2500. The minimum absolute atomic E-state index is 1.23. The van der Waals surface area contributed by atoms with Crippen LogP contribution < -0.4 is 0 Å². The van der Waals surface area contributed by atoms with Crippen molar-refractivity contribution in [3.63, 3.8) is 0 Å². The zero-order chi connectivity index (χ0) is 30.5. The highest BCUT2D eigenvalue weighted by Gasteiger charge is 2.20. The Morgan fingerprint density at radius 2 is 0.630 bits per heavy atom. The zero-order valence-corrected chi connectivity index (χ0v) is 25.3. The third-order valence-electron chi connectivity index (χ3n) is 9.43. The van der Waals surface area contributed by atoms with Crippen molar-refractivity contribution in [2.24, 2.45) is 0 Å². The van der Waals surface area contributed by atoms with Gasteiger partial charge in [-0.3, -0.25) is 0 Å². The van der Waals surface area contributed by atoms with Gasteiger partial charge in [-0.15, -0.1) is 0 Å². The first-order valence-corrected chi connectivity index (χ1v) is 15.9. The molecule has 0 saturated heterocycles. The molecule has 0 radical (unpaired) electrons. The van der Waals surface area contributed by atoms with Gasteiger partial charge in [0, 0.05) is 0 Å². The van der Waals surface area contributed by atoms with E-state index in [1.807, 2.05) is 0 Å². The summed E-state index contributed by atoms with van der Waals surface area (Å²) in [5.41, 5.74) is 9.99. The van der Waals surface area contributed by atoms with Crippen molar-refractivity contribution < 1.29 is 0 Å². The first-order chi connectivity index (χ1) is 22.8. The van der Waals surface area contributed by atoms with Crippen molar-refractivity contribution in [3.05, 3.63) is 182 Å². The lowest BCUT2D eigenvalue weighted by Crippen LogP contribution is -1.93. The van der Waals surface area contributed by atoms with Crippen molar-refractivity contribution in [1.82, 2.24) is 0 Å². The summed E-state index contributed by atoms with van der Waals surface area (Å²) in [4.78, 5) is 0. The monoisotopic (exact) mass is 582 g/mol. The third-order valence-corrected chi connectivity index (χ3v) is 9.43. The van der Waals surface area contributed by atoms with E-state index in [1.54, 1.807) is 0 Å². The molecule has 0 unspecified atom stereocenters. The largest absolute Gasteiger partial charge is 0.0622 e. The van der Waals surface area contributed by atoms with Gasteiger partial charge >= 0.3 is 0 Å². The second-order valence-electron chi connectivity index (χ2n) is 12.1. The summed E-state index contributed by atoms with van der Waals surface area (Å²) >= 11 is 0. The molecular weight excluding hydrogens is 553 g/mol. The molecule has 46 heavy (non-hydrogen) atoms. The smallest absolute Gasteiger partial charge is 0.00199 e. The van der Waals surface area contributed by atoms with Crippen molar-refractivity contribution >= 4 is 43.1 Å². The van der Waals surface area contributed by atoms with Crippen LogP contribution in [0.1, 0.15) is 0 Å². The third kappa shape index (κ3) is 4.38. The van der Waals surface area contributed by atoms with E-state index in [0.29, 0.717) is 0 Å². The summed E-state index contributed by atoms with van der Waals surface area (Å²) in [6.07, 6.45) is 0. The molecule has 0 aliphatic heterocycles. The van der Waals surface area contributed by atoms with E-state index in [2.05, 4.69) is 182 Å². The molecule has 0 aromatic heterocycles. The van der Waals surface area contributed by atoms with Gasteiger partial charge in [-0.1, -0.05) is 164 Å². The van der Waals surface area contributed by atoms with Gasteiger partial charge < -0.3 is 0 Å². The molecule has 0 fully saturated rings. The van der Waals surface area contributed by atoms with Gasteiger partial charge in [-0.05, 0) is 106 Å². The highest BCUT2D eigenvalue weighted by atomic mass is 14.2. The Hall–Kier alpha value is -5.98. The normalized spacial score (nSPS) is 11.5. The number of hydrogen-bond donors (Lipinski definition) is 0. The highest BCUT2D eigenvalue weighted by molar-refractivity contribution is 6.23. The molecule has 0 aliphatic carbocycles.